The van der Waals surface area contributed by atoms with E-state index in [2.05, 4.69) is 60.6 Å². The van der Waals surface area contributed by atoms with Gasteiger partial charge in [-0.05, 0) is 40.4 Å². The minimum Gasteiger partial charge on any atom is -0.507 e. The van der Waals surface area contributed by atoms with Gasteiger partial charge in [0.25, 0.3) is 0 Å². The van der Waals surface area contributed by atoms with Gasteiger partial charge in [-0.3, -0.25) is 0 Å². The second-order valence-corrected chi connectivity index (χ2v) is 8.00. The van der Waals surface area contributed by atoms with Crippen LogP contribution in [-0.4, -0.2) is 5.11 Å². The number of benzene rings is 1. The second-order valence-electron chi connectivity index (χ2n) is 8.00. The lowest BCUT2D eigenvalue weighted by Gasteiger charge is -2.28. The van der Waals surface area contributed by atoms with Crippen LogP contribution in [-0.2, 0) is 17.3 Å². The van der Waals surface area contributed by atoms with E-state index in [4.69, 9.17) is 0 Å². The van der Waals surface area contributed by atoms with E-state index in [1.54, 1.807) is 0 Å². The molecule has 0 atom stereocenters. The number of phenols is 1. The minimum absolute atomic E-state index is 0.0230. The topological polar surface area (TPSA) is 20.2 Å². The number of hydrogen-bond donors (Lipinski definition) is 1. The molecule has 1 aromatic carbocycles. The summed E-state index contributed by atoms with van der Waals surface area (Å²) in [6.07, 6.45) is 4.86. The second kappa shape index (κ2) is 6.20. The van der Waals surface area contributed by atoms with Gasteiger partial charge in [0, 0.05) is 0 Å². The first kappa shape index (κ1) is 17.1. The van der Waals surface area contributed by atoms with E-state index in [0.717, 1.165) is 17.5 Å². The summed E-state index contributed by atoms with van der Waals surface area (Å²) in [5.41, 5.74) is 3.48. The molecule has 114 valence electrons. The number of aromatic hydroxyl groups is 1. The van der Waals surface area contributed by atoms with Crippen molar-refractivity contribution in [2.24, 2.45) is 0 Å². The number of rotatable bonds is 4. The standard InChI is InChI=1S/C19H32O/c1-8-9-10-11-14-12-15(18(2,3)4)17(20)16(13-14)19(5,6)7/h12-13,20H,8-11H2,1-7H3. The Bertz CT molecular complexity index is 409. The van der Waals surface area contributed by atoms with E-state index in [0.29, 0.717) is 5.75 Å². The molecular weight excluding hydrogens is 244 g/mol. The molecule has 0 bridgehead atoms. The molecule has 0 aliphatic rings. The molecule has 0 unspecified atom stereocenters. The molecule has 1 nitrogen and oxygen atoms in total. The van der Waals surface area contributed by atoms with E-state index in [-0.39, 0.29) is 10.8 Å². The van der Waals surface area contributed by atoms with Crippen LogP contribution < -0.4 is 0 Å². The molecule has 0 aliphatic heterocycles. The molecule has 0 amide bonds. The molecule has 0 spiro atoms. The Labute approximate surface area is 125 Å². The first-order valence-electron chi connectivity index (χ1n) is 7.94. The highest BCUT2D eigenvalue weighted by molar-refractivity contribution is 5.49. The smallest absolute Gasteiger partial charge is 0.123 e. The fourth-order valence-corrected chi connectivity index (χ4v) is 2.56. The molecule has 1 N–H and O–H groups in total. The van der Waals surface area contributed by atoms with Crippen molar-refractivity contribution < 1.29 is 5.11 Å². The van der Waals surface area contributed by atoms with Crippen LogP contribution in [0.1, 0.15) is 84.4 Å². The van der Waals surface area contributed by atoms with Gasteiger partial charge in [-0.1, -0.05) is 73.4 Å². The van der Waals surface area contributed by atoms with Gasteiger partial charge < -0.3 is 5.11 Å². The number of phenolic OH excluding ortho intramolecular Hbond substituents is 1. The van der Waals surface area contributed by atoms with Crippen molar-refractivity contribution in [1.82, 2.24) is 0 Å². The van der Waals surface area contributed by atoms with Crippen LogP contribution >= 0.6 is 0 Å². The molecule has 0 saturated carbocycles. The van der Waals surface area contributed by atoms with Crippen LogP contribution in [0.25, 0.3) is 0 Å². The molecule has 1 aromatic rings. The third-order valence-electron chi connectivity index (χ3n) is 3.85. The fourth-order valence-electron chi connectivity index (χ4n) is 2.56. The summed E-state index contributed by atoms with van der Waals surface area (Å²) in [5, 5.41) is 10.7. The van der Waals surface area contributed by atoms with Crippen molar-refractivity contribution >= 4 is 0 Å². The SMILES string of the molecule is CCCCCc1cc(C(C)(C)C)c(O)c(C(C)(C)C)c1. The highest BCUT2D eigenvalue weighted by Gasteiger charge is 2.26. The monoisotopic (exact) mass is 276 g/mol. The number of hydrogen-bond acceptors (Lipinski definition) is 1. The Kier molecular flexibility index (Phi) is 5.29. The van der Waals surface area contributed by atoms with Gasteiger partial charge in [0.15, 0.2) is 0 Å². The van der Waals surface area contributed by atoms with E-state index in [1.165, 1.54) is 24.8 Å². The third kappa shape index (κ3) is 4.26. The van der Waals surface area contributed by atoms with Crippen LogP contribution in [0.2, 0.25) is 0 Å². The van der Waals surface area contributed by atoms with E-state index < -0.39 is 0 Å². The van der Waals surface area contributed by atoms with Gasteiger partial charge >= 0.3 is 0 Å². The maximum Gasteiger partial charge on any atom is 0.123 e. The Balaban J connectivity index is 3.28. The van der Waals surface area contributed by atoms with Crippen LogP contribution in [0.4, 0.5) is 0 Å². The average Bonchev–Trinajstić information content (AvgIpc) is 2.28. The highest BCUT2D eigenvalue weighted by Crippen LogP contribution is 2.39. The Morgan fingerprint density at radius 2 is 1.30 bits per heavy atom. The third-order valence-corrected chi connectivity index (χ3v) is 3.85. The lowest BCUT2D eigenvalue weighted by Crippen LogP contribution is -2.17. The molecule has 1 rings (SSSR count). The van der Waals surface area contributed by atoms with E-state index >= 15 is 0 Å². The van der Waals surface area contributed by atoms with Gasteiger partial charge in [-0.15, -0.1) is 0 Å². The van der Waals surface area contributed by atoms with Crippen LogP contribution in [0.15, 0.2) is 12.1 Å². The largest absolute Gasteiger partial charge is 0.507 e. The molecule has 20 heavy (non-hydrogen) atoms. The molecule has 0 aromatic heterocycles. The Morgan fingerprint density at radius 1 is 0.850 bits per heavy atom. The van der Waals surface area contributed by atoms with Gasteiger partial charge in [0.1, 0.15) is 5.75 Å². The lowest BCUT2D eigenvalue weighted by molar-refractivity contribution is 0.422. The Hall–Kier alpha value is -0.980. The molecule has 0 heterocycles. The zero-order valence-electron chi connectivity index (χ0n) is 14.4. The van der Waals surface area contributed by atoms with Crippen LogP contribution in [0.5, 0.6) is 5.75 Å². The molecule has 1 heteroatoms. The predicted octanol–water partition coefficient (Wildman–Crippen LogP) is 5.72. The maximum atomic E-state index is 10.7. The normalized spacial score (nSPS) is 12.8. The number of aryl methyl sites for hydroxylation is 1. The van der Waals surface area contributed by atoms with E-state index in [9.17, 15) is 5.11 Å². The molecule has 0 radical (unpaired) electrons. The molecule has 0 fully saturated rings. The van der Waals surface area contributed by atoms with Crippen molar-refractivity contribution in [3.8, 4) is 5.75 Å². The van der Waals surface area contributed by atoms with Gasteiger partial charge in [-0.25, -0.2) is 0 Å². The summed E-state index contributed by atoms with van der Waals surface area (Å²) in [4.78, 5) is 0. The van der Waals surface area contributed by atoms with Gasteiger partial charge in [0.05, 0.1) is 0 Å². The summed E-state index contributed by atoms with van der Waals surface area (Å²) in [7, 11) is 0. The van der Waals surface area contributed by atoms with Gasteiger partial charge in [-0.2, -0.15) is 0 Å². The Morgan fingerprint density at radius 3 is 1.65 bits per heavy atom. The summed E-state index contributed by atoms with van der Waals surface area (Å²) < 4.78 is 0. The summed E-state index contributed by atoms with van der Waals surface area (Å²) in [5.74, 6) is 0.490. The van der Waals surface area contributed by atoms with Crippen molar-refractivity contribution in [3.63, 3.8) is 0 Å². The summed E-state index contributed by atoms with van der Waals surface area (Å²) >= 11 is 0. The van der Waals surface area contributed by atoms with Crippen LogP contribution in [0.3, 0.4) is 0 Å². The summed E-state index contributed by atoms with van der Waals surface area (Å²) in [6, 6.07) is 4.42. The van der Waals surface area contributed by atoms with Crippen molar-refractivity contribution in [3.05, 3.63) is 28.8 Å². The first-order valence-corrected chi connectivity index (χ1v) is 7.94. The van der Waals surface area contributed by atoms with Crippen LogP contribution in [0, 0.1) is 0 Å². The van der Waals surface area contributed by atoms with Gasteiger partial charge in [0.2, 0.25) is 0 Å². The molecular formula is C19H32O. The fraction of sp³-hybridized carbons (Fsp3) is 0.684. The maximum absolute atomic E-state index is 10.7. The lowest BCUT2D eigenvalue weighted by atomic mass is 9.78. The summed E-state index contributed by atoms with van der Waals surface area (Å²) in [6.45, 7) is 15.3. The average molecular weight is 276 g/mol. The van der Waals surface area contributed by atoms with E-state index in [1.807, 2.05) is 0 Å². The van der Waals surface area contributed by atoms with Crippen molar-refractivity contribution in [2.75, 3.05) is 0 Å². The zero-order valence-corrected chi connectivity index (χ0v) is 14.4. The molecule has 0 saturated heterocycles. The highest BCUT2D eigenvalue weighted by atomic mass is 16.3. The van der Waals surface area contributed by atoms with Crippen molar-refractivity contribution in [1.29, 1.82) is 0 Å². The minimum atomic E-state index is -0.0230. The number of unbranched alkanes of at least 4 members (excludes halogenated alkanes) is 2. The predicted molar refractivity (Wildman–Crippen MR) is 88.7 cm³/mol. The quantitative estimate of drug-likeness (QED) is 0.697. The molecule has 0 aliphatic carbocycles. The first-order chi connectivity index (χ1) is 9.07. The van der Waals surface area contributed by atoms with Crippen molar-refractivity contribution in [2.45, 2.75) is 85.0 Å². The zero-order chi connectivity index (χ0) is 15.6.